The number of carbonyl (C=O) groups excluding carboxylic acids is 1. The summed E-state index contributed by atoms with van der Waals surface area (Å²) >= 11 is 1.58. The van der Waals surface area contributed by atoms with Gasteiger partial charge in [-0.05, 0) is 61.7 Å². The maximum Gasteiger partial charge on any atom is 0.184 e. The Morgan fingerprint density at radius 2 is 1.89 bits per heavy atom. The molecule has 0 amide bonds. The number of carbonyl (C=O) groups is 1. The summed E-state index contributed by atoms with van der Waals surface area (Å²) in [4.78, 5) is 17.0. The van der Waals surface area contributed by atoms with Gasteiger partial charge < -0.3 is 10.1 Å². The monoisotopic (exact) mass is 448 g/mol. The Labute approximate surface area is 174 Å². The molecule has 3 aromatic rings. The molecule has 0 spiro atoms. The summed E-state index contributed by atoms with van der Waals surface area (Å²) in [7, 11) is 0. The van der Waals surface area contributed by atoms with Crippen molar-refractivity contribution >= 4 is 49.4 Å². The van der Waals surface area contributed by atoms with Crippen LogP contribution in [-0.4, -0.2) is 23.9 Å². The zero-order valence-electron chi connectivity index (χ0n) is 15.9. The van der Waals surface area contributed by atoms with E-state index >= 15 is 0 Å². The molecule has 0 fully saturated rings. The summed E-state index contributed by atoms with van der Waals surface area (Å²) in [6.45, 7) is 7.23. The molecular weight excluding hydrogens is 424 g/mol. The molecule has 4 nitrogen and oxygen atoms in total. The predicted molar refractivity (Wildman–Crippen MR) is 119 cm³/mol. The fourth-order valence-corrected chi connectivity index (χ4v) is 3.55. The Hall–Kier alpha value is -1.92. The minimum atomic E-state index is 0. The van der Waals surface area contributed by atoms with E-state index in [2.05, 4.69) is 43.2 Å². The molecule has 144 valence electrons. The van der Waals surface area contributed by atoms with E-state index in [9.17, 15) is 4.79 Å². The van der Waals surface area contributed by atoms with Crippen LogP contribution >= 0.6 is 28.3 Å². The van der Waals surface area contributed by atoms with Gasteiger partial charge in [0.2, 0.25) is 0 Å². The van der Waals surface area contributed by atoms with Crippen LogP contribution in [0.5, 0.6) is 5.75 Å². The summed E-state index contributed by atoms with van der Waals surface area (Å²) in [5.41, 5.74) is 4.11. The minimum Gasteiger partial charge on any atom is -0.494 e. The first kappa shape index (κ1) is 21.4. The number of nitrogens with one attached hydrogen (secondary N) is 1. The highest BCUT2D eigenvalue weighted by atomic mass is 79.9. The van der Waals surface area contributed by atoms with Gasteiger partial charge in [-0.2, -0.15) is 0 Å². The smallest absolute Gasteiger partial charge is 0.184 e. The van der Waals surface area contributed by atoms with E-state index in [0.717, 1.165) is 33.9 Å². The molecule has 0 saturated heterocycles. The van der Waals surface area contributed by atoms with Gasteiger partial charge in [0.15, 0.2) is 10.9 Å². The molecule has 1 N–H and O–H groups in total. The van der Waals surface area contributed by atoms with Crippen LogP contribution in [0.2, 0.25) is 0 Å². The molecule has 0 radical (unpaired) electrons. The van der Waals surface area contributed by atoms with Crippen molar-refractivity contribution in [3.05, 3.63) is 53.1 Å². The zero-order valence-corrected chi connectivity index (χ0v) is 18.4. The fraction of sp³-hybridized carbons (Fsp3) is 0.333. The van der Waals surface area contributed by atoms with E-state index in [4.69, 9.17) is 4.74 Å². The number of anilines is 1. The van der Waals surface area contributed by atoms with Gasteiger partial charge in [-0.15, -0.1) is 17.0 Å². The average Bonchev–Trinajstić information content (AvgIpc) is 3.08. The summed E-state index contributed by atoms with van der Waals surface area (Å²) in [5.74, 6) is 0.845. The van der Waals surface area contributed by atoms with Crippen LogP contribution in [0.4, 0.5) is 5.13 Å². The zero-order chi connectivity index (χ0) is 18.5. The van der Waals surface area contributed by atoms with Crippen LogP contribution in [-0.2, 0) is 0 Å². The topological polar surface area (TPSA) is 51.2 Å². The van der Waals surface area contributed by atoms with Crippen molar-refractivity contribution in [2.24, 2.45) is 0 Å². The molecule has 0 bridgehead atoms. The second kappa shape index (κ2) is 9.85. The number of aryl methyl sites for hydroxylation is 2. The van der Waals surface area contributed by atoms with Crippen molar-refractivity contribution in [2.75, 3.05) is 18.5 Å². The lowest BCUT2D eigenvalue weighted by atomic mass is 10.1. The maximum absolute atomic E-state index is 12.4. The lowest BCUT2D eigenvalue weighted by Crippen LogP contribution is -2.13. The first-order valence-electron chi connectivity index (χ1n) is 8.95. The van der Waals surface area contributed by atoms with Crippen molar-refractivity contribution < 1.29 is 9.53 Å². The number of halogens is 1. The lowest BCUT2D eigenvalue weighted by Gasteiger charge is -2.06. The SMILES string of the molecule is Br.CCCCOc1ccc(C(=O)CNc2nc3c(C)c(C)ccc3s2)cc1. The van der Waals surface area contributed by atoms with Crippen molar-refractivity contribution in [1.29, 1.82) is 0 Å². The Morgan fingerprint density at radius 3 is 2.59 bits per heavy atom. The van der Waals surface area contributed by atoms with Crippen molar-refractivity contribution in [3.8, 4) is 5.75 Å². The average molecular weight is 449 g/mol. The number of unbranched alkanes of at least 4 members (excludes halogenated alkanes) is 1. The second-order valence-corrected chi connectivity index (χ2v) is 7.41. The lowest BCUT2D eigenvalue weighted by molar-refractivity contribution is 0.101. The Bertz CT molecular complexity index is 906. The summed E-state index contributed by atoms with van der Waals surface area (Å²) < 4.78 is 6.77. The first-order valence-corrected chi connectivity index (χ1v) is 9.77. The number of rotatable bonds is 8. The van der Waals surface area contributed by atoms with Gasteiger partial charge in [0, 0.05) is 5.56 Å². The van der Waals surface area contributed by atoms with Gasteiger partial charge in [0.25, 0.3) is 0 Å². The van der Waals surface area contributed by atoms with Gasteiger partial charge >= 0.3 is 0 Å². The van der Waals surface area contributed by atoms with Crippen LogP contribution in [0.1, 0.15) is 41.3 Å². The number of nitrogens with zero attached hydrogens (tertiary/aromatic N) is 1. The number of ketones is 1. The fourth-order valence-electron chi connectivity index (χ4n) is 2.63. The normalized spacial score (nSPS) is 10.5. The molecule has 0 atom stereocenters. The van der Waals surface area contributed by atoms with Crippen LogP contribution in [0.15, 0.2) is 36.4 Å². The van der Waals surface area contributed by atoms with Gasteiger partial charge in [-0.25, -0.2) is 4.98 Å². The van der Waals surface area contributed by atoms with Gasteiger partial charge in [0.1, 0.15) is 5.75 Å². The molecule has 27 heavy (non-hydrogen) atoms. The van der Waals surface area contributed by atoms with E-state index in [0.29, 0.717) is 12.2 Å². The molecule has 1 heterocycles. The highest BCUT2D eigenvalue weighted by Crippen LogP contribution is 2.29. The van der Waals surface area contributed by atoms with Gasteiger partial charge in [0.05, 0.1) is 23.4 Å². The van der Waals surface area contributed by atoms with Crippen molar-refractivity contribution in [2.45, 2.75) is 33.6 Å². The molecule has 2 aromatic carbocycles. The number of hydrogen-bond donors (Lipinski definition) is 1. The highest BCUT2D eigenvalue weighted by Gasteiger charge is 2.10. The Balaban J connectivity index is 0.00000261. The number of thiazole rings is 1. The predicted octanol–water partition coefficient (Wildman–Crippen LogP) is 5.96. The van der Waals surface area contributed by atoms with Crippen LogP contribution in [0, 0.1) is 13.8 Å². The third kappa shape index (κ3) is 5.30. The largest absolute Gasteiger partial charge is 0.494 e. The standard InChI is InChI=1S/C21H24N2O2S.BrH/c1-4-5-12-25-17-9-7-16(8-10-17)18(24)13-22-21-23-20-15(3)14(2)6-11-19(20)26-21;/h6-11H,4-5,12-13H2,1-3H3,(H,22,23);1H. The van der Waals surface area contributed by atoms with E-state index in [1.165, 1.54) is 11.1 Å². The first-order chi connectivity index (χ1) is 12.6. The third-order valence-electron chi connectivity index (χ3n) is 4.43. The number of Topliss-reactive ketones (excluding diaryl/α,β-unsaturated/α-hetero) is 1. The minimum absolute atomic E-state index is 0. The maximum atomic E-state index is 12.4. The second-order valence-electron chi connectivity index (χ2n) is 6.38. The molecule has 1 aromatic heterocycles. The van der Waals surface area contributed by atoms with Crippen LogP contribution in [0.3, 0.4) is 0 Å². The van der Waals surface area contributed by atoms with Gasteiger partial charge in [-0.3, -0.25) is 4.79 Å². The molecule has 0 aliphatic heterocycles. The summed E-state index contributed by atoms with van der Waals surface area (Å²) in [6, 6.07) is 11.5. The summed E-state index contributed by atoms with van der Waals surface area (Å²) in [5, 5.41) is 3.94. The highest BCUT2D eigenvalue weighted by molar-refractivity contribution is 8.93. The van der Waals surface area contributed by atoms with Crippen molar-refractivity contribution in [3.63, 3.8) is 0 Å². The Kier molecular flexibility index (Phi) is 7.80. The van der Waals surface area contributed by atoms with Crippen LogP contribution < -0.4 is 10.1 Å². The van der Waals surface area contributed by atoms with Crippen molar-refractivity contribution in [1.82, 2.24) is 4.98 Å². The number of hydrogen-bond acceptors (Lipinski definition) is 5. The molecule has 6 heteroatoms. The summed E-state index contributed by atoms with van der Waals surface area (Å²) in [6.07, 6.45) is 2.14. The Morgan fingerprint density at radius 1 is 1.15 bits per heavy atom. The van der Waals surface area contributed by atoms with E-state index in [1.54, 1.807) is 11.3 Å². The molecule has 0 unspecified atom stereocenters. The molecule has 0 aliphatic rings. The van der Waals surface area contributed by atoms with E-state index < -0.39 is 0 Å². The number of ether oxygens (including phenoxy) is 1. The third-order valence-corrected chi connectivity index (χ3v) is 5.41. The number of fused-ring (bicyclic) bond motifs is 1. The van der Waals surface area contributed by atoms with Gasteiger partial charge in [-0.1, -0.05) is 30.7 Å². The number of aromatic nitrogens is 1. The quantitative estimate of drug-likeness (QED) is 0.340. The molecular formula is C21H25BrN2O2S. The van der Waals surface area contributed by atoms with Crippen LogP contribution in [0.25, 0.3) is 10.2 Å². The molecule has 0 saturated carbocycles. The van der Waals surface area contributed by atoms with E-state index in [1.807, 2.05) is 24.3 Å². The molecule has 0 aliphatic carbocycles. The number of benzene rings is 2. The molecule has 3 rings (SSSR count). The van der Waals surface area contributed by atoms with E-state index in [-0.39, 0.29) is 29.3 Å².